The molecule has 0 unspecified atom stereocenters. The van der Waals surface area contributed by atoms with Crippen LogP contribution in [0.15, 0.2) is 18.2 Å². The highest BCUT2D eigenvalue weighted by Gasteiger charge is 2.09. The quantitative estimate of drug-likeness (QED) is 0.912. The summed E-state index contributed by atoms with van der Waals surface area (Å²) in [5.74, 6) is 0.996. The molecule has 1 aliphatic rings. The molecule has 1 fully saturated rings. The fraction of sp³-hybridized carbons (Fsp3) is 0.571. The Morgan fingerprint density at radius 3 is 2.89 bits per heavy atom. The van der Waals surface area contributed by atoms with Gasteiger partial charge < -0.3 is 10.1 Å². The van der Waals surface area contributed by atoms with Gasteiger partial charge in [0.05, 0.1) is 7.11 Å². The molecule has 0 aromatic heterocycles. The fourth-order valence-electron chi connectivity index (χ4n) is 2.28. The van der Waals surface area contributed by atoms with Crippen LogP contribution >= 0.6 is 12.4 Å². The number of hydrogen-bond acceptors (Lipinski definition) is 3. The van der Waals surface area contributed by atoms with Crippen LogP contribution in [0, 0.1) is 6.92 Å². The van der Waals surface area contributed by atoms with Gasteiger partial charge in [0.2, 0.25) is 0 Å². The molecule has 1 aliphatic heterocycles. The molecule has 0 saturated carbocycles. The zero-order valence-electron chi connectivity index (χ0n) is 11.2. The van der Waals surface area contributed by atoms with E-state index in [0.717, 1.165) is 31.9 Å². The van der Waals surface area contributed by atoms with E-state index in [9.17, 15) is 0 Å². The van der Waals surface area contributed by atoms with Crippen LogP contribution in [-0.4, -0.2) is 38.2 Å². The molecule has 1 N–H and O–H groups in total. The van der Waals surface area contributed by atoms with Gasteiger partial charge in [-0.3, -0.25) is 4.90 Å². The molecule has 1 aromatic rings. The highest BCUT2D eigenvalue weighted by atomic mass is 35.5. The molecule has 2 rings (SSSR count). The van der Waals surface area contributed by atoms with Crippen molar-refractivity contribution in [3.8, 4) is 5.75 Å². The number of methoxy groups -OCH3 is 1. The average Bonchev–Trinajstić information content (AvgIpc) is 2.60. The number of ether oxygens (including phenoxy) is 1. The van der Waals surface area contributed by atoms with Crippen LogP contribution in [0.2, 0.25) is 0 Å². The summed E-state index contributed by atoms with van der Waals surface area (Å²) in [5.41, 5.74) is 2.54. The summed E-state index contributed by atoms with van der Waals surface area (Å²) in [6.45, 7) is 7.67. The lowest BCUT2D eigenvalue weighted by molar-refractivity contribution is 0.284. The molecule has 0 spiro atoms. The number of benzene rings is 1. The second-order valence-corrected chi connectivity index (χ2v) is 4.68. The molecule has 4 heteroatoms. The Balaban J connectivity index is 0.00000162. The molecule has 0 atom stereocenters. The van der Waals surface area contributed by atoms with E-state index in [-0.39, 0.29) is 12.4 Å². The molecule has 1 heterocycles. The van der Waals surface area contributed by atoms with Crippen molar-refractivity contribution in [2.45, 2.75) is 19.9 Å². The van der Waals surface area contributed by atoms with Gasteiger partial charge in [-0.05, 0) is 43.6 Å². The van der Waals surface area contributed by atoms with Crippen molar-refractivity contribution < 1.29 is 4.74 Å². The Bertz CT molecular complexity index is 363. The number of nitrogens with one attached hydrogen (secondary N) is 1. The van der Waals surface area contributed by atoms with Crippen LogP contribution in [0.4, 0.5) is 0 Å². The van der Waals surface area contributed by atoms with Crippen LogP contribution in [0.3, 0.4) is 0 Å². The third-order valence-corrected chi connectivity index (χ3v) is 3.31. The van der Waals surface area contributed by atoms with Crippen molar-refractivity contribution in [2.75, 3.05) is 33.3 Å². The van der Waals surface area contributed by atoms with Gasteiger partial charge in [0.1, 0.15) is 5.75 Å². The number of nitrogens with zero attached hydrogens (tertiary/aromatic N) is 1. The normalized spacial score (nSPS) is 16.8. The van der Waals surface area contributed by atoms with E-state index in [2.05, 4.69) is 35.3 Å². The SMILES string of the molecule is COc1cc(CN2CCCNCC2)ccc1C.Cl. The maximum atomic E-state index is 5.37. The van der Waals surface area contributed by atoms with Gasteiger partial charge in [-0.25, -0.2) is 0 Å². The summed E-state index contributed by atoms with van der Waals surface area (Å²) >= 11 is 0. The van der Waals surface area contributed by atoms with Crippen LogP contribution in [0.1, 0.15) is 17.5 Å². The summed E-state index contributed by atoms with van der Waals surface area (Å²) in [6.07, 6.45) is 1.24. The lowest BCUT2D eigenvalue weighted by Gasteiger charge is -2.20. The number of halogens is 1. The number of aryl methyl sites for hydroxylation is 1. The minimum atomic E-state index is 0. The van der Waals surface area contributed by atoms with Crippen LogP contribution < -0.4 is 10.1 Å². The van der Waals surface area contributed by atoms with Gasteiger partial charge in [-0.1, -0.05) is 12.1 Å². The summed E-state index contributed by atoms with van der Waals surface area (Å²) in [4.78, 5) is 2.50. The number of hydrogen-bond donors (Lipinski definition) is 1. The Morgan fingerprint density at radius 1 is 1.28 bits per heavy atom. The van der Waals surface area contributed by atoms with Crippen molar-refractivity contribution >= 4 is 12.4 Å². The van der Waals surface area contributed by atoms with E-state index in [4.69, 9.17) is 4.74 Å². The third kappa shape index (κ3) is 4.16. The van der Waals surface area contributed by atoms with E-state index >= 15 is 0 Å². The van der Waals surface area contributed by atoms with Gasteiger partial charge in [0.15, 0.2) is 0 Å². The Labute approximate surface area is 116 Å². The van der Waals surface area contributed by atoms with Gasteiger partial charge >= 0.3 is 0 Å². The Morgan fingerprint density at radius 2 is 2.11 bits per heavy atom. The molecule has 0 radical (unpaired) electrons. The highest BCUT2D eigenvalue weighted by Crippen LogP contribution is 2.20. The van der Waals surface area contributed by atoms with E-state index in [1.165, 1.54) is 24.1 Å². The zero-order valence-corrected chi connectivity index (χ0v) is 12.1. The minimum Gasteiger partial charge on any atom is -0.496 e. The van der Waals surface area contributed by atoms with Crippen molar-refractivity contribution in [3.63, 3.8) is 0 Å². The first kappa shape index (κ1) is 15.3. The lowest BCUT2D eigenvalue weighted by atomic mass is 10.1. The second kappa shape index (κ2) is 7.62. The van der Waals surface area contributed by atoms with Gasteiger partial charge in [0, 0.05) is 19.6 Å². The largest absolute Gasteiger partial charge is 0.496 e. The van der Waals surface area contributed by atoms with E-state index in [0.29, 0.717) is 0 Å². The average molecular weight is 271 g/mol. The highest BCUT2D eigenvalue weighted by molar-refractivity contribution is 5.85. The minimum absolute atomic E-state index is 0. The van der Waals surface area contributed by atoms with Crippen LogP contribution in [-0.2, 0) is 6.54 Å². The fourth-order valence-corrected chi connectivity index (χ4v) is 2.28. The standard InChI is InChI=1S/C14H22N2O.ClH/c1-12-4-5-13(10-14(12)17-2)11-16-8-3-6-15-7-9-16;/h4-5,10,15H,3,6-9,11H2,1-2H3;1H. The predicted molar refractivity (Wildman–Crippen MR) is 77.7 cm³/mol. The summed E-state index contributed by atoms with van der Waals surface area (Å²) < 4.78 is 5.37. The van der Waals surface area contributed by atoms with Crippen LogP contribution in [0.25, 0.3) is 0 Å². The molecule has 102 valence electrons. The first-order valence-electron chi connectivity index (χ1n) is 6.36. The summed E-state index contributed by atoms with van der Waals surface area (Å²) in [5, 5.41) is 3.43. The number of rotatable bonds is 3. The first-order valence-corrected chi connectivity index (χ1v) is 6.36. The maximum absolute atomic E-state index is 5.37. The van der Waals surface area contributed by atoms with Gasteiger partial charge in [-0.15, -0.1) is 12.4 Å². The monoisotopic (exact) mass is 270 g/mol. The Kier molecular flexibility index (Phi) is 6.47. The molecule has 0 bridgehead atoms. The first-order chi connectivity index (χ1) is 8.29. The molecule has 1 aromatic carbocycles. The molecule has 0 aliphatic carbocycles. The van der Waals surface area contributed by atoms with Crippen LogP contribution in [0.5, 0.6) is 5.75 Å². The smallest absolute Gasteiger partial charge is 0.122 e. The topological polar surface area (TPSA) is 24.5 Å². The lowest BCUT2D eigenvalue weighted by Crippen LogP contribution is -2.27. The van der Waals surface area contributed by atoms with E-state index in [1.807, 2.05) is 0 Å². The maximum Gasteiger partial charge on any atom is 0.122 e. The molecule has 1 saturated heterocycles. The van der Waals surface area contributed by atoms with Crippen molar-refractivity contribution in [1.82, 2.24) is 10.2 Å². The molecule has 3 nitrogen and oxygen atoms in total. The summed E-state index contributed by atoms with van der Waals surface area (Å²) in [7, 11) is 1.74. The molecule has 18 heavy (non-hydrogen) atoms. The molecular weight excluding hydrogens is 248 g/mol. The van der Waals surface area contributed by atoms with E-state index < -0.39 is 0 Å². The third-order valence-electron chi connectivity index (χ3n) is 3.31. The predicted octanol–water partition coefficient (Wildman–Crippen LogP) is 2.22. The van der Waals surface area contributed by atoms with Gasteiger partial charge in [0.25, 0.3) is 0 Å². The summed E-state index contributed by atoms with van der Waals surface area (Å²) in [6, 6.07) is 6.51. The molecular formula is C14H23ClN2O. The van der Waals surface area contributed by atoms with Crippen molar-refractivity contribution in [2.24, 2.45) is 0 Å². The Hall–Kier alpha value is -0.770. The zero-order chi connectivity index (χ0) is 12.1. The van der Waals surface area contributed by atoms with Crippen molar-refractivity contribution in [3.05, 3.63) is 29.3 Å². The second-order valence-electron chi connectivity index (χ2n) is 4.68. The van der Waals surface area contributed by atoms with E-state index in [1.54, 1.807) is 7.11 Å². The molecule has 0 amide bonds. The van der Waals surface area contributed by atoms with Crippen molar-refractivity contribution in [1.29, 1.82) is 0 Å². The van der Waals surface area contributed by atoms with Gasteiger partial charge in [-0.2, -0.15) is 0 Å².